The van der Waals surface area contributed by atoms with Gasteiger partial charge in [-0.3, -0.25) is 0 Å². The number of nitrogens with two attached hydrogens (primary N) is 1. The molecule has 0 amide bonds. The van der Waals surface area contributed by atoms with Gasteiger partial charge >= 0.3 is 0 Å². The molecule has 100 valence electrons. The lowest BCUT2D eigenvalue weighted by Gasteiger charge is -2.12. The summed E-state index contributed by atoms with van der Waals surface area (Å²) in [6.07, 6.45) is 0. The van der Waals surface area contributed by atoms with Crippen LogP contribution in [0.25, 0.3) is 0 Å². The second-order valence-electron chi connectivity index (χ2n) is 4.63. The van der Waals surface area contributed by atoms with Crippen molar-refractivity contribution in [2.45, 2.75) is 27.0 Å². The lowest BCUT2D eigenvalue weighted by molar-refractivity contribution is 0.304. The van der Waals surface area contributed by atoms with E-state index in [0.717, 1.165) is 21.3 Å². The van der Waals surface area contributed by atoms with Crippen molar-refractivity contribution in [1.29, 1.82) is 0 Å². The minimum Gasteiger partial charge on any atom is -0.489 e. The highest BCUT2D eigenvalue weighted by Crippen LogP contribution is 2.27. The fourth-order valence-electron chi connectivity index (χ4n) is 2.05. The summed E-state index contributed by atoms with van der Waals surface area (Å²) in [6, 6.07) is 12.2. The average molecular weight is 320 g/mol. The third-order valence-electron chi connectivity index (χ3n) is 3.14. The summed E-state index contributed by atoms with van der Waals surface area (Å²) in [5.74, 6) is 0.894. The van der Waals surface area contributed by atoms with Crippen molar-refractivity contribution >= 4 is 15.9 Å². The predicted molar refractivity (Wildman–Crippen MR) is 82.3 cm³/mol. The number of hydrogen-bond donors (Lipinski definition) is 1. The lowest BCUT2D eigenvalue weighted by Crippen LogP contribution is -2.04. The van der Waals surface area contributed by atoms with Crippen molar-refractivity contribution in [3.8, 4) is 5.75 Å². The Bertz CT molecular complexity index is 558. The summed E-state index contributed by atoms with van der Waals surface area (Å²) in [6.45, 7) is 5.22. The molecule has 0 heterocycles. The van der Waals surface area contributed by atoms with Crippen LogP contribution < -0.4 is 10.5 Å². The van der Waals surface area contributed by atoms with Gasteiger partial charge in [0.15, 0.2) is 0 Å². The quantitative estimate of drug-likeness (QED) is 0.920. The number of halogens is 1. The maximum Gasteiger partial charge on any atom is 0.120 e. The Labute approximate surface area is 122 Å². The van der Waals surface area contributed by atoms with Crippen LogP contribution in [0, 0.1) is 13.8 Å². The van der Waals surface area contributed by atoms with Gasteiger partial charge in [0, 0.05) is 11.0 Å². The van der Waals surface area contributed by atoms with Crippen molar-refractivity contribution in [2.75, 3.05) is 0 Å². The maximum absolute atomic E-state index is 5.87. The van der Waals surface area contributed by atoms with Crippen LogP contribution in [0.1, 0.15) is 22.3 Å². The second kappa shape index (κ2) is 6.22. The molecule has 0 aliphatic heterocycles. The maximum atomic E-state index is 5.87. The lowest BCUT2D eigenvalue weighted by atomic mass is 10.1. The van der Waals surface area contributed by atoms with Crippen molar-refractivity contribution in [3.63, 3.8) is 0 Å². The van der Waals surface area contributed by atoms with Crippen LogP contribution in [0.5, 0.6) is 5.75 Å². The highest BCUT2D eigenvalue weighted by Gasteiger charge is 2.05. The number of hydrogen-bond acceptors (Lipinski definition) is 2. The van der Waals surface area contributed by atoms with Gasteiger partial charge in [-0.25, -0.2) is 0 Å². The monoisotopic (exact) mass is 319 g/mol. The van der Waals surface area contributed by atoms with Crippen LogP contribution in [0.2, 0.25) is 0 Å². The molecule has 2 N–H and O–H groups in total. The summed E-state index contributed by atoms with van der Waals surface area (Å²) in [5, 5.41) is 0. The van der Waals surface area contributed by atoms with Crippen LogP contribution in [0.3, 0.4) is 0 Å². The Morgan fingerprint density at radius 3 is 2.21 bits per heavy atom. The largest absolute Gasteiger partial charge is 0.489 e. The van der Waals surface area contributed by atoms with E-state index in [1.54, 1.807) is 0 Å². The normalized spacial score (nSPS) is 10.5. The molecule has 0 spiro atoms. The average Bonchev–Trinajstić information content (AvgIpc) is 2.42. The van der Waals surface area contributed by atoms with Crippen LogP contribution in [0.15, 0.2) is 40.9 Å². The zero-order valence-electron chi connectivity index (χ0n) is 11.2. The van der Waals surface area contributed by atoms with Gasteiger partial charge in [0.25, 0.3) is 0 Å². The molecule has 0 saturated heterocycles. The van der Waals surface area contributed by atoms with Gasteiger partial charge in [-0.15, -0.1) is 0 Å². The number of benzene rings is 2. The summed E-state index contributed by atoms with van der Waals surface area (Å²) in [4.78, 5) is 0. The first-order chi connectivity index (χ1) is 9.11. The number of ether oxygens (including phenoxy) is 1. The van der Waals surface area contributed by atoms with E-state index in [2.05, 4.69) is 35.8 Å². The highest BCUT2D eigenvalue weighted by molar-refractivity contribution is 9.10. The van der Waals surface area contributed by atoms with E-state index in [0.29, 0.717) is 13.2 Å². The minimum absolute atomic E-state index is 0.540. The molecule has 2 aromatic carbocycles. The Morgan fingerprint density at radius 2 is 1.63 bits per heavy atom. The van der Waals surface area contributed by atoms with E-state index in [1.165, 1.54) is 11.1 Å². The standard InChI is InChI=1S/C16H18BrNO/c1-11-7-15(8-12(2)16(11)17)19-10-14-6-4-3-5-13(14)9-18/h3-8H,9-10,18H2,1-2H3. The first-order valence-corrected chi connectivity index (χ1v) is 7.07. The molecule has 2 aromatic rings. The SMILES string of the molecule is Cc1cc(OCc2ccccc2CN)cc(C)c1Br. The van der Waals surface area contributed by atoms with E-state index < -0.39 is 0 Å². The first kappa shape index (κ1) is 14.1. The molecule has 0 saturated carbocycles. The van der Waals surface area contributed by atoms with Crippen LogP contribution >= 0.6 is 15.9 Å². The molecule has 0 atom stereocenters. The van der Waals surface area contributed by atoms with Crippen molar-refractivity contribution < 1.29 is 4.74 Å². The fourth-order valence-corrected chi connectivity index (χ4v) is 2.28. The number of rotatable bonds is 4. The van der Waals surface area contributed by atoms with Gasteiger partial charge < -0.3 is 10.5 Å². The molecule has 0 fully saturated rings. The van der Waals surface area contributed by atoms with Crippen LogP contribution in [0.4, 0.5) is 0 Å². The zero-order chi connectivity index (χ0) is 13.8. The molecule has 0 aliphatic carbocycles. The van der Waals surface area contributed by atoms with Crippen molar-refractivity contribution in [1.82, 2.24) is 0 Å². The third kappa shape index (κ3) is 3.37. The van der Waals surface area contributed by atoms with Crippen LogP contribution in [-0.4, -0.2) is 0 Å². The van der Waals surface area contributed by atoms with Crippen molar-refractivity contribution in [3.05, 3.63) is 63.1 Å². The van der Waals surface area contributed by atoms with E-state index in [1.807, 2.05) is 30.3 Å². The summed E-state index contributed by atoms with van der Waals surface area (Å²) in [5.41, 5.74) is 10.4. The third-order valence-corrected chi connectivity index (χ3v) is 4.39. The molecule has 0 aromatic heterocycles. The Kier molecular flexibility index (Phi) is 4.61. The molecular formula is C16H18BrNO. The van der Waals surface area contributed by atoms with Crippen molar-refractivity contribution in [2.24, 2.45) is 5.73 Å². The van der Waals surface area contributed by atoms with Gasteiger partial charge in [0.05, 0.1) is 0 Å². The van der Waals surface area contributed by atoms with Gasteiger partial charge in [0.1, 0.15) is 12.4 Å². The molecule has 2 nitrogen and oxygen atoms in total. The zero-order valence-corrected chi connectivity index (χ0v) is 12.8. The minimum atomic E-state index is 0.540. The number of aryl methyl sites for hydroxylation is 2. The molecular weight excluding hydrogens is 302 g/mol. The Hall–Kier alpha value is -1.32. The molecule has 0 aliphatic rings. The molecule has 0 bridgehead atoms. The van der Waals surface area contributed by atoms with Gasteiger partial charge in [-0.05, 0) is 48.2 Å². The molecule has 0 radical (unpaired) electrons. The second-order valence-corrected chi connectivity index (χ2v) is 5.43. The fraction of sp³-hybridized carbons (Fsp3) is 0.250. The Balaban J connectivity index is 2.15. The summed E-state index contributed by atoms with van der Waals surface area (Å²) < 4.78 is 7.02. The van der Waals surface area contributed by atoms with E-state index in [-0.39, 0.29) is 0 Å². The van der Waals surface area contributed by atoms with Gasteiger partial charge in [0.2, 0.25) is 0 Å². The van der Waals surface area contributed by atoms with Crippen LogP contribution in [-0.2, 0) is 13.2 Å². The topological polar surface area (TPSA) is 35.2 Å². The molecule has 0 unspecified atom stereocenters. The molecule has 19 heavy (non-hydrogen) atoms. The van der Waals surface area contributed by atoms with E-state index >= 15 is 0 Å². The highest BCUT2D eigenvalue weighted by atomic mass is 79.9. The first-order valence-electron chi connectivity index (χ1n) is 6.28. The summed E-state index contributed by atoms with van der Waals surface area (Å²) in [7, 11) is 0. The predicted octanol–water partition coefficient (Wildman–Crippen LogP) is 4.10. The molecule has 2 rings (SSSR count). The van der Waals surface area contributed by atoms with Gasteiger partial charge in [-0.2, -0.15) is 0 Å². The molecule has 3 heteroatoms. The van der Waals surface area contributed by atoms with E-state index in [4.69, 9.17) is 10.5 Å². The smallest absolute Gasteiger partial charge is 0.120 e. The Morgan fingerprint density at radius 1 is 1.05 bits per heavy atom. The van der Waals surface area contributed by atoms with Gasteiger partial charge in [-0.1, -0.05) is 40.2 Å². The summed E-state index contributed by atoms with van der Waals surface area (Å²) >= 11 is 3.56. The van der Waals surface area contributed by atoms with E-state index in [9.17, 15) is 0 Å².